The maximum absolute atomic E-state index is 13.3. The van der Waals surface area contributed by atoms with Gasteiger partial charge >= 0.3 is 11.9 Å². The van der Waals surface area contributed by atoms with Gasteiger partial charge in [-0.05, 0) is 31.4 Å². The van der Waals surface area contributed by atoms with E-state index in [1.807, 2.05) is 24.3 Å². The van der Waals surface area contributed by atoms with Crippen molar-refractivity contribution in [3.8, 4) is 0 Å². The summed E-state index contributed by atoms with van der Waals surface area (Å²) in [7, 11) is 0. The number of oxazole rings is 1. The summed E-state index contributed by atoms with van der Waals surface area (Å²) in [6.45, 7) is 7.27. The highest BCUT2D eigenvalue weighted by Gasteiger charge is 2.34. The minimum Gasteiger partial charge on any atom is -0.466 e. The smallest absolute Gasteiger partial charge is 0.310 e. The number of fused-ring (bicyclic) bond motifs is 1. The molecule has 2 rings (SSSR count). The number of para-hydroxylation sites is 2. The molecule has 0 saturated carbocycles. The van der Waals surface area contributed by atoms with Gasteiger partial charge in [-0.2, -0.15) is 0 Å². The van der Waals surface area contributed by atoms with Crippen molar-refractivity contribution in [2.45, 2.75) is 128 Å². The number of aromatic nitrogens is 1. The Kier molecular flexibility index (Phi) is 16.9. The molecule has 2 unspecified atom stereocenters. The van der Waals surface area contributed by atoms with E-state index < -0.39 is 5.92 Å². The van der Waals surface area contributed by atoms with Crippen LogP contribution in [0.4, 0.5) is 0 Å². The van der Waals surface area contributed by atoms with Crippen molar-refractivity contribution >= 4 is 34.8 Å². The Morgan fingerprint density at radius 2 is 1.42 bits per heavy atom. The third-order valence-electron chi connectivity index (χ3n) is 6.74. The Morgan fingerprint density at radius 1 is 0.816 bits per heavy atom. The van der Waals surface area contributed by atoms with E-state index in [2.05, 4.69) is 25.8 Å². The first-order valence-electron chi connectivity index (χ1n) is 14.9. The summed E-state index contributed by atoms with van der Waals surface area (Å²) >= 11 is 1.42. The van der Waals surface area contributed by atoms with E-state index in [1.54, 1.807) is 0 Å². The van der Waals surface area contributed by atoms with Crippen molar-refractivity contribution in [3.05, 3.63) is 24.3 Å². The highest BCUT2D eigenvalue weighted by atomic mass is 32.2. The van der Waals surface area contributed by atoms with Crippen LogP contribution in [0.15, 0.2) is 33.9 Å². The van der Waals surface area contributed by atoms with Crippen LogP contribution in [0.5, 0.6) is 0 Å². The molecule has 2 atom stereocenters. The van der Waals surface area contributed by atoms with Crippen LogP contribution in [-0.2, 0) is 19.1 Å². The Bertz CT molecular complexity index is 882. The second kappa shape index (κ2) is 20.0. The second-order valence-corrected chi connectivity index (χ2v) is 11.3. The molecule has 0 radical (unpaired) electrons. The van der Waals surface area contributed by atoms with Gasteiger partial charge in [0.25, 0.3) is 5.22 Å². The van der Waals surface area contributed by atoms with Gasteiger partial charge in [0.2, 0.25) is 0 Å². The fourth-order valence-corrected chi connectivity index (χ4v) is 5.77. The third kappa shape index (κ3) is 12.7. The van der Waals surface area contributed by atoms with E-state index in [0.717, 1.165) is 50.5 Å². The highest BCUT2D eigenvalue weighted by molar-refractivity contribution is 7.99. The first-order valence-corrected chi connectivity index (χ1v) is 15.8. The van der Waals surface area contributed by atoms with E-state index in [9.17, 15) is 9.59 Å². The third-order valence-corrected chi connectivity index (χ3v) is 7.98. The molecule has 1 aromatic heterocycles. The minimum absolute atomic E-state index is 0.0169. The molecule has 0 amide bonds. The van der Waals surface area contributed by atoms with Crippen LogP contribution in [0.3, 0.4) is 0 Å². The van der Waals surface area contributed by atoms with Crippen molar-refractivity contribution in [1.82, 2.24) is 4.98 Å². The van der Waals surface area contributed by atoms with Crippen LogP contribution in [0.2, 0.25) is 0 Å². The number of unbranched alkanes of at least 4 members (excludes halogenated alkanes) is 10. The summed E-state index contributed by atoms with van der Waals surface area (Å²) in [4.78, 5) is 30.7. The summed E-state index contributed by atoms with van der Waals surface area (Å²) in [5.74, 6) is -1.26. The molecule has 0 aliphatic rings. The molecular formula is C31H49NO5S. The predicted octanol–water partition coefficient (Wildman–Crippen LogP) is 8.90. The van der Waals surface area contributed by atoms with Crippen LogP contribution < -0.4 is 0 Å². The number of carbonyl (C=O) groups excluding carboxylic acids is 2. The molecule has 2 aromatic rings. The fraction of sp³-hybridized carbons (Fsp3) is 0.710. The van der Waals surface area contributed by atoms with Crippen LogP contribution in [0, 0.1) is 5.92 Å². The van der Waals surface area contributed by atoms with Crippen LogP contribution in [0.1, 0.15) is 117 Å². The number of hydrogen-bond acceptors (Lipinski definition) is 7. The van der Waals surface area contributed by atoms with Crippen molar-refractivity contribution in [3.63, 3.8) is 0 Å². The Hall–Kier alpha value is -2.02. The van der Waals surface area contributed by atoms with Gasteiger partial charge in [0.05, 0.1) is 25.6 Å². The van der Waals surface area contributed by atoms with Crippen molar-refractivity contribution in [1.29, 1.82) is 0 Å². The number of nitrogens with zero attached hydrogens (tertiary/aromatic N) is 1. The lowest BCUT2D eigenvalue weighted by Gasteiger charge is -2.23. The molecule has 1 heterocycles. The maximum atomic E-state index is 13.3. The number of ether oxygens (including phenoxy) is 2. The summed E-state index contributed by atoms with van der Waals surface area (Å²) in [6.07, 6.45) is 15.1. The van der Waals surface area contributed by atoms with E-state index in [-0.39, 0.29) is 23.6 Å². The topological polar surface area (TPSA) is 78.6 Å². The van der Waals surface area contributed by atoms with Gasteiger partial charge in [0.1, 0.15) is 5.52 Å². The zero-order valence-corrected chi connectivity index (χ0v) is 24.7. The molecule has 0 saturated heterocycles. The summed E-state index contributed by atoms with van der Waals surface area (Å²) in [5.41, 5.74) is 1.50. The van der Waals surface area contributed by atoms with Gasteiger partial charge in [0.15, 0.2) is 5.58 Å². The lowest BCUT2D eigenvalue weighted by molar-refractivity contribution is -0.155. The summed E-state index contributed by atoms with van der Waals surface area (Å²) in [6, 6.07) is 7.62. The summed E-state index contributed by atoms with van der Waals surface area (Å²) in [5, 5.41) is 0.325. The molecule has 0 N–H and O–H groups in total. The van der Waals surface area contributed by atoms with E-state index in [0.29, 0.717) is 24.0 Å². The molecule has 0 spiro atoms. The first-order chi connectivity index (χ1) is 18.6. The molecule has 7 heteroatoms. The quantitative estimate of drug-likeness (QED) is 0.0827. The molecular weight excluding hydrogens is 498 g/mol. The first kappa shape index (κ1) is 32.2. The molecule has 6 nitrogen and oxygen atoms in total. The van der Waals surface area contributed by atoms with Crippen molar-refractivity contribution in [2.75, 3.05) is 13.2 Å². The van der Waals surface area contributed by atoms with E-state index >= 15 is 0 Å². The average Bonchev–Trinajstić information content (AvgIpc) is 3.33. The predicted molar refractivity (Wildman–Crippen MR) is 155 cm³/mol. The maximum Gasteiger partial charge on any atom is 0.310 e. The number of thioether (sulfide) groups is 1. The van der Waals surface area contributed by atoms with Crippen LogP contribution in [0.25, 0.3) is 11.1 Å². The van der Waals surface area contributed by atoms with E-state index in [1.165, 1.54) is 56.7 Å². The number of esters is 2. The Balaban J connectivity index is 1.98. The number of hydrogen-bond donors (Lipinski definition) is 0. The lowest BCUT2D eigenvalue weighted by Crippen LogP contribution is -2.31. The van der Waals surface area contributed by atoms with Crippen LogP contribution in [-0.4, -0.2) is 35.4 Å². The van der Waals surface area contributed by atoms with Crippen LogP contribution >= 0.6 is 11.8 Å². The van der Waals surface area contributed by atoms with Crippen molar-refractivity contribution in [2.24, 2.45) is 5.92 Å². The molecule has 0 aliphatic carbocycles. The Labute approximate surface area is 234 Å². The number of carbonyl (C=O) groups is 2. The van der Waals surface area contributed by atoms with Gasteiger partial charge in [-0.15, -0.1) is 0 Å². The van der Waals surface area contributed by atoms with Gasteiger partial charge in [-0.1, -0.05) is 115 Å². The monoisotopic (exact) mass is 547 g/mol. The minimum atomic E-state index is -0.605. The zero-order chi connectivity index (χ0) is 27.4. The van der Waals surface area contributed by atoms with Crippen molar-refractivity contribution < 1.29 is 23.5 Å². The number of benzene rings is 1. The average molecular weight is 548 g/mol. The molecule has 1 aromatic carbocycles. The number of rotatable bonds is 22. The molecule has 38 heavy (non-hydrogen) atoms. The van der Waals surface area contributed by atoms with Gasteiger partial charge in [-0.3, -0.25) is 9.59 Å². The SMILES string of the molecule is CCCCCCCCOC(=O)CC(C(=O)OCCCCCCCC)C(CCC)Sc1nc2ccccc2o1. The Morgan fingerprint density at radius 3 is 2.05 bits per heavy atom. The summed E-state index contributed by atoms with van der Waals surface area (Å²) < 4.78 is 17.2. The van der Waals surface area contributed by atoms with Gasteiger partial charge in [-0.25, -0.2) is 4.98 Å². The largest absolute Gasteiger partial charge is 0.466 e. The molecule has 0 bridgehead atoms. The highest BCUT2D eigenvalue weighted by Crippen LogP contribution is 2.35. The van der Waals surface area contributed by atoms with E-state index in [4.69, 9.17) is 13.9 Å². The van der Waals surface area contributed by atoms with Gasteiger partial charge < -0.3 is 13.9 Å². The fourth-order valence-electron chi connectivity index (χ4n) is 4.49. The molecule has 0 fully saturated rings. The normalized spacial score (nSPS) is 12.9. The molecule has 0 aliphatic heterocycles. The zero-order valence-electron chi connectivity index (χ0n) is 23.9. The second-order valence-electron chi connectivity index (χ2n) is 10.1. The molecule has 214 valence electrons. The lowest BCUT2D eigenvalue weighted by atomic mass is 9.98. The standard InChI is InChI=1S/C31H49NO5S/c1-4-7-9-11-13-17-22-35-29(33)24-25(30(34)36-23-18-14-12-10-8-5-2)28(19-6-3)38-31-32-26-20-15-16-21-27(26)37-31/h15-16,20-21,25,28H,4-14,17-19,22-24H2,1-3H3. The van der Waals surface area contributed by atoms with Gasteiger partial charge in [0, 0.05) is 5.25 Å².